The summed E-state index contributed by atoms with van der Waals surface area (Å²) < 4.78 is 9.97. The van der Waals surface area contributed by atoms with Gasteiger partial charge in [-0.2, -0.15) is 0 Å². The average molecular weight is 236 g/mol. The van der Waals surface area contributed by atoms with Crippen molar-refractivity contribution in [2.75, 3.05) is 6.61 Å². The van der Waals surface area contributed by atoms with E-state index in [0.29, 0.717) is 12.2 Å². The summed E-state index contributed by atoms with van der Waals surface area (Å²) in [5, 5.41) is 0. The number of carbonyl (C=O) groups is 2. The molecule has 0 aromatic heterocycles. The number of esters is 2. The third-order valence-electron chi connectivity index (χ3n) is 2.05. The SMILES string of the molecule is CCCOC(=O)C(OC(C)=O)c1ccccc1. The van der Waals surface area contributed by atoms with E-state index >= 15 is 0 Å². The minimum atomic E-state index is -0.972. The van der Waals surface area contributed by atoms with Crippen molar-refractivity contribution in [1.82, 2.24) is 0 Å². The molecule has 1 unspecified atom stereocenters. The van der Waals surface area contributed by atoms with E-state index in [9.17, 15) is 9.59 Å². The molecule has 92 valence electrons. The van der Waals surface area contributed by atoms with Gasteiger partial charge in [-0.15, -0.1) is 0 Å². The lowest BCUT2D eigenvalue weighted by molar-refractivity contribution is -0.167. The van der Waals surface area contributed by atoms with Gasteiger partial charge in [0.05, 0.1) is 6.61 Å². The molecule has 0 bridgehead atoms. The van der Waals surface area contributed by atoms with E-state index in [1.807, 2.05) is 13.0 Å². The molecule has 4 heteroatoms. The van der Waals surface area contributed by atoms with Crippen molar-refractivity contribution in [3.8, 4) is 0 Å². The molecule has 0 saturated heterocycles. The maximum Gasteiger partial charge on any atom is 0.352 e. The summed E-state index contributed by atoms with van der Waals surface area (Å²) in [6.45, 7) is 3.49. The predicted molar refractivity (Wildman–Crippen MR) is 62.2 cm³/mol. The van der Waals surface area contributed by atoms with Crippen molar-refractivity contribution in [2.24, 2.45) is 0 Å². The molecular weight excluding hydrogens is 220 g/mol. The molecule has 1 aromatic rings. The molecule has 0 fully saturated rings. The summed E-state index contributed by atoms with van der Waals surface area (Å²) >= 11 is 0. The predicted octanol–water partition coefficient (Wildman–Crippen LogP) is 2.24. The van der Waals surface area contributed by atoms with Crippen LogP contribution < -0.4 is 0 Å². The Morgan fingerprint density at radius 2 is 1.88 bits per heavy atom. The zero-order valence-electron chi connectivity index (χ0n) is 10.0. The Labute approximate surface area is 101 Å². The first-order valence-electron chi connectivity index (χ1n) is 5.54. The van der Waals surface area contributed by atoms with Gasteiger partial charge in [-0.25, -0.2) is 4.79 Å². The van der Waals surface area contributed by atoms with Gasteiger partial charge in [-0.3, -0.25) is 4.79 Å². The molecular formula is C13H16O4. The zero-order chi connectivity index (χ0) is 12.7. The molecule has 0 heterocycles. The van der Waals surface area contributed by atoms with Gasteiger partial charge in [0.2, 0.25) is 6.10 Å². The lowest BCUT2D eigenvalue weighted by atomic mass is 10.1. The summed E-state index contributed by atoms with van der Waals surface area (Å²) in [6, 6.07) is 8.82. The first-order chi connectivity index (χ1) is 8.15. The molecule has 0 spiro atoms. The maximum atomic E-state index is 11.7. The first-order valence-corrected chi connectivity index (χ1v) is 5.54. The number of benzene rings is 1. The fraction of sp³-hybridized carbons (Fsp3) is 0.385. The highest BCUT2D eigenvalue weighted by Crippen LogP contribution is 2.19. The molecule has 0 aliphatic rings. The van der Waals surface area contributed by atoms with E-state index in [2.05, 4.69) is 0 Å². The van der Waals surface area contributed by atoms with Crippen molar-refractivity contribution in [3.63, 3.8) is 0 Å². The number of hydrogen-bond donors (Lipinski definition) is 0. The van der Waals surface area contributed by atoms with Gasteiger partial charge in [0.1, 0.15) is 0 Å². The zero-order valence-corrected chi connectivity index (χ0v) is 10.0. The van der Waals surface area contributed by atoms with Gasteiger partial charge in [0.25, 0.3) is 0 Å². The molecule has 4 nitrogen and oxygen atoms in total. The quantitative estimate of drug-likeness (QED) is 0.736. The summed E-state index contributed by atoms with van der Waals surface area (Å²) in [6.07, 6.45) is -0.243. The highest BCUT2D eigenvalue weighted by Gasteiger charge is 2.24. The normalized spacial score (nSPS) is 11.6. The molecule has 0 saturated carbocycles. The van der Waals surface area contributed by atoms with Crippen LogP contribution in [-0.4, -0.2) is 18.5 Å². The standard InChI is InChI=1S/C13H16O4/c1-3-9-16-13(15)12(17-10(2)14)11-7-5-4-6-8-11/h4-8,12H,3,9H2,1-2H3. The summed E-state index contributed by atoms with van der Waals surface area (Å²) in [4.78, 5) is 22.7. The van der Waals surface area contributed by atoms with Gasteiger partial charge in [-0.05, 0) is 6.42 Å². The molecule has 17 heavy (non-hydrogen) atoms. The fourth-order valence-corrected chi connectivity index (χ4v) is 1.32. The third kappa shape index (κ3) is 4.26. The summed E-state index contributed by atoms with van der Waals surface area (Å²) in [7, 11) is 0. The second kappa shape index (κ2) is 6.68. The highest BCUT2D eigenvalue weighted by molar-refractivity contribution is 5.80. The molecule has 1 rings (SSSR count). The van der Waals surface area contributed by atoms with Crippen LogP contribution in [0.25, 0.3) is 0 Å². The van der Waals surface area contributed by atoms with Gasteiger partial charge in [0.15, 0.2) is 0 Å². The Hall–Kier alpha value is -1.84. The summed E-state index contributed by atoms with van der Waals surface area (Å²) in [5.74, 6) is -1.04. The van der Waals surface area contributed by atoms with Crippen LogP contribution in [0.4, 0.5) is 0 Å². The van der Waals surface area contributed by atoms with Crippen molar-refractivity contribution in [3.05, 3.63) is 35.9 Å². The maximum absolute atomic E-state index is 11.7. The van der Waals surface area contributed by atoms with Crippen LogP contribution in [-0.2, 0) is 19.1 Å². The Bertz CT molecular complexity index is 372. The van der Waals surface area contributed by atoms with Gasteiger partial charge < -0.3 is 9.47 Å². The van der Waals surface area contributed by atoms with E-state index in [-0.39, 0.29) is 0 Å². The fourth-order valence-electron chi connectivity index (χ4n) is 1.32. The molecule has 0 N–H and O–H groups in total. The number of carbonyl (C=O) groups excluding carboxylic acids is 2. The van der Waals surface area contributed by atoms with Crippen LogP contribution in [0, 0.1) is 0 Å². The molecule has 1 atom stereocenters. The topological polar surface area (TPSA) is 52.6 Å². The van der Waals surface area contributed by atoms with Crippen molar-refractivity contribution >= 4 is 11.9 Å². The molecule has 0 radical (unpaired) electrons. The van der Waals surface area contributed by atoms with Crippen molar-refractivity contribution in [1.29, 1.82) is 0 Å². The lowest BCUT2D eigenvalue weighted by Crippen LogP contribution is -2.21. The second-order valence-corrected chi connectivity index (χ2v) is 3.57. The average Bonchev–Trinajstić information content (AvgIpc) is 2.34. The number of rotatable bonds is 5. The molecule has 0 aliphatic heterocycles. The van der Waals surface area contributed by atoms with Gasteiger partial charge in [-0.1, -0.05) is 37.3 Å². The van der Waals surface area contributed by atoms with Crippen molar-refractivity contribution < 1.29 is 19.1 Å². The highest BCUT2D eigenvalue weighted by atomic mass is 16.6. The molecule has 0 amide bonds. The van der Waals surface area contributed by atoms with E-state index < -0.39 is 18.0 Å². The minimum Gasteiger partial charge on any atom is -0.463 e. The van der Waals surface area contributed by atoms with Crippen LogP contribution >= 0.6 is 0 Å². The van der Waals surface area contributed by atoms with Crippen LogP contribution in [0.2, 0.25) is 0 Å². The Morgan fingerprint density at radius 1 is 1.24 bits per heavy atom. The number of hydrogen-bond acceptors (Lipinski definition) is 4. The Kier molecular flexibility index (Phi) is 5.20. The van der Waals surface area contributed by atoms with E-state index in [1.165, 1.54) is 6.92 Å². The molecule has 1 aromatic carbocycles. The monoisotopic (exact) mass is 236 g/mol. The Balaban J connectivity index is 2.80. The van der Waals surface area contributed by atoms with Crippen LogP contribution in [0.5, 0.6) is 0 Å². The van der Waals surface area contributed by atoms with E-state index in [0.717, 1.165) is 6.42 Å². The summed E-state index contributed by atoms with van der Waals surface area (Å²) in [5.41, 5.74) is 0.615. The number of ether oxygens (including phenoxy) is 2. The van der Waals surface area contributed by atoms with Crippen molar-refractivity contribution in [2.45, 2.75) is 26.4 Å². The first kappa shape index (κ1) is 13.2. The van der Waals surface area contributed by atoms with E-state index in [1.54, 1.807) is 24.3 Å². The second-order valence-electron chi connectivity index (χ2n) is 3.57. The third-order valence-corrected chi connectivity index (χ3v) is 2.05. The lowest BCUT2D eigenvalue weighted by Gasteiger charge is -2.15. The van der Waals surface area contributed by atoms with Gasteiger partial charge in [0, 0.05) is 12.5 Å². The van der Waals surface area contributed by atoms with Crippen LogP contribution in [0.3, 0.4) is 0 Å². The van der Waals surface area contributed by atoms with Gasteiger partial charge >= 0.3 is 11.9 Å². The van der Waals surface area contributed by atoms with E-state index in [4.69, 9.17) is 9.47 Å². The Morgan fingerprint density at radius 3 is 2.41 bits per heavy atom. The minimum absolute atomic E-state index is 0.323. The van der Waals surface area contributed by atoms with Crippen LogP contribution in [0.1, 0.15) is 31.9 Å². The largest absolute Gasteiger partial charge is 0.463 e. The van der Waals surface area contributed by atoms with Crippen LogP contribution in [0.15, 0.2) is 30.3 Å². The molecule has 0 aliphatic carbocycles. The smallest absolute Gasteiger partial charge is 0.352 e.